The topological polar surface area (TPSA) is 117 Å². The molecule has 4 heterocycles. The zero-order valence-corrected chi connectivity index (χ0v) is 18.1. The molecule has 1 aliphatic heterocycles. The molecule has 1 amide bonds. The van der Waals surface area contributed by atoms with Gasteiger partial charge in [-0.25, -0.2) is 14.3 Å². The maximum atomic E-state index is 12.9. The molecule has 1 fully saturated rings. The van der Waals surface area contributed by atoms with Gasteiger partial charge >= 0.3 is 5.69 Å². The number of fused-ring (bicyclic) bond motifs is 1. The summed E-state index contributed by atoms with van der Waals surface area (Å²) in [5, 5.41) is 18.3. The Morgan fingerprint density at radius 3 is 2.88 bits per heavy atom. The molecule has 0 aliphatic carbocycles. The second kappa shape index (κ2) is 8.09. The van der Waals surface area contributed by atoms with Gasteiger partial charge in [0.15, 0.2) is 10.8 Å². The van der Waals surface area contributed by atoms with E-state index in [4.69, 9.17) is 0 Å². The Bertz CT molecular complexity index is 1370. The first-order valence-corrected chi connectivity index (χ1v) is 11.0. The molecule has 1 aliphatic rings. The lowest BCUT2D eigenvalue weighted by Gasteiger charge is -2.30. The van der Waals surface area contributed by atoms with Crippen molar-refractivity contribution in [1.82, 2.24) is 24.4 Å². The second-order valence-electron chi connectivity index (χ2n) is 7.42. The van der Waals surface area contributed by atoms with Crippen molar-refractivity contribution in [1.29, 1.82) is 0 Å². The van der Waals surface area contributed by atoms with Gasteiger partial charge in [-0.3, -0.25) is 14.3 Å². The zero-order chi connectivity index (χ0) is 22.2. The van der Waals surface area contributed by atoms with E-state index >= 15 is 0 Å². The highest BCUT2D eigenvalue weighted by molar-refractivity contribution is 7.12. The number of aromatic nitrogens is 4. The van der Waals surface area contributed by atoms with E-state index in [1.54, 1.807) is 37.0 Å². The molecule has 3 N–H and O–H groups in total. The van der Waals surface area contributed by atoms with Crippen LogP contribution in [0.1, 0.15) is 9.80 Å². The highest BCUT2D eigenvalue weighted by atomic mass is 32.1. The van der Waals surface area contributed by atoms with E-state index in [1.807, 2.05) is 6.07 Å². The average molecular weight is 452 g/mol. The minimum absolute atomic E-state index is 0.00562. The van der Waals surface area contributed by atoms with Crippen molar-refractivity contribution in [2.75, 3.05) is 36.4 Å². The first kappa shape index (κ1) is 20.2. The number of phenolic OH excluding ortho intramolecular Hbond substituents is 1. The number of nitrogens with one attached hydrogen (secondary N) is 2. The number of anilines is 2. The Kier molecular flexibility index (Phi) is 5.11. The standard InChI is InChI=1S/C21H21N7O3S/c1-26-18-15(3-2-4-16(18)29)28(21(26)31)17-12-32-20(25-17)19(30)24-13-11-23-6-5-14(13)27-9-7-22-8-10-27/h2-6,11-12,22,29H,7-10H2,1H3,(H,24,30). The van der Waals surface area contributed by atoms with Crippen LogP contribution in [-0.4, -0.2) is 56.3 Å². The third kappa shape index (κ3) is 3.41. The van der Waals surface area contributed by atoms with Crippen LogP contribution in [0, 0.1) is 0 Å². The Labute approximate surface area is 186 Å². The molecule has 164 valence electrons. The fraction of sp³-hybridized carbons (Fsp3) is 0.238. The SMILES string of the molecule is Cn1c(=O)n(-c2csc(C(=O)Nc3cnccc3N3CCNCC3)n2)c2cccc(O)c21. The molecule has 5 rings (SSSR count). The Hall–Kier alpha value is -3.70. The second-order valence-corrected chi connectivity index (χ2v) is 8.27. The van der Waals surface area contributed by atoms with Crippen LogP contribution in [0.4, 0.5) is 11.4 Å². The van der Waals surface area contributed by atoms with Gasteiger partial charge in [-0.15, -0.1) is 11.3 Å². The maximum Gasteiger partial charge on any atom is 0.334 e. The first-order chi connectivity index (χ1) is 15.5. The number of phenols is 1. The van der Waals surface area contributed by atoms with Crippen LogP contribution in [0.2, 0.25) is 0 Å². The summed E-state index contributed by atoms with van der Waals surface area (Å²) < 4.78 is 2.75. The van der Waals surface area contributed by atoms with Crippen molar-refractivity contribution in [2.24, 2.45) is 7.05 Å². The van der Waals surface area contributed by atoms with E-state index < -0.39 is 0 Å². The highest BCUT2D eigenvalue weighted by Crippen LogP contribution is 2.27. The number of rotatable bonds is 4. The Morgan fingerprint density at radius 1 is 1.25 bits per heavy atom. The normalized spacial score (nSPS) is 14.1. The van der Waals surface area contributed by atoms with Gasteiger partial charge in [0.2, 0.25) is 0 Å². The summed E-state index contributed by atoms with van der Waals surface area (Å²) in [6.45, 7) is 3.43. The third-order valence-electron chi connectivity index (χ3n) is 5.47. The minimum Gasteiger partial charge on any atom is -0.506 e. The van der Waals surface area contributed by atoms with Crippen molar-refractivity contribution < 1.29 is 9.90 Å². The van der Waals surface area contributed by atoms with Crippen molar-refractivity contribution in [3.8, 4) is 11.6 Å². The van der Waals surface area contributed by atoms with E-state index in [0.29, 0.717) is 22.5 Å². The Balaban J connectivity index is 1.45. The fourth-order valence-corrected chi connectivity index (χ4v) is 4.61. The monoisotopic (exact) mass is 451 g/mol. The van der Waals surface area contributed by atoms with Gasteiger partial charge in [-0.1, -0.05) is 6.07 Å². The van der Waals surface area contributed by atoms with Crippen molar-refractivity contribution in [3.63, 3.8) is 0 Å². The number of imidazole rings is 1. The average Bonchev–Trinajstić information content (AvgIpc) is 3.39. The van der Waals surface area contributed by atoms with Crippen LogP contribution >= 0.6 is 11.3 Å². The lowest BCUT2D eigenvalue weighted by molar-refractivity contribution is 0.102. The largest absolute Gasteiger partial charge is 0.506 e. The number of piperazine rings is 1. The minimum atomic E-state index is -0.373. The summed E-state index contributed by atoms with van der Waals surface area (Å²) in [7, 11) is 1.58. The maximum absolute atomic E-state index is 12.9. The van der Waals surface area contributed by atoms with E-state index in [1.165, 1.54) is 15.2 Å². The van der Waals surface area contributed by atoms with Crippen molar-refractivity contribution >= 4 is 39.7 Å². The molecule has 1 aromatic carbocycles. The van der Waals surface area contributed by atoms with Gasteiger partial charge in [0.05, 0.1) is 23.1 Å². The molecule has 1 saturated heterocycles. The molecular weight excluding hydrogens is 430 g/mol. The number of hydrogen-bond donors (Lipinski definition) is 3. The molecule has 10 nitrogen and oxygen atoms in total. The number of aromatic hydroxyl groups is 1. The first-order valence-electron chi connectivity index (χ1n) is 10.1. The predicted octanol–water partition coefficient (Wildman–Crippen LogP) is 1.55. The molecule has 0 saturated carbocycles. The lowest BCUT2D eigenvalue weighted by Crippen LogP contribution is -2.43. The van der Waals surface area contributed by atoms with Gasteiger partial charge in [0.1, 0.15) is 11.3 Å². The number of para-hydroxylation sites is 1. The fourth-order valence-electron chi connectivity index (χ4n) is 3.93. The van der Waals surface area contributed by atoms with Gasteiger partial charge < -0.3 is 20.6 Å². The highest BCUT2D eigenvalue weighted by Gasteiger charge is 2.21. The molecule has 0 spiro atoms. The number of carbonyl (C=O) groups is 1. The summed E-state index contributed by atoms with van der Waals surface area (Å²) >= 11 is 1.15. The molecule has 0 unspecified atom stereocenters. The summed E-state index contributed by atoms with van der Waals surface area (Å²) in [5.41, 5.74) is 2.10. The predicted molar refractivity (Wildman–Crippen MR) is 123 cm³/mol. The van der Waals surface area contributed by atoms with Gasteiger partial charge in [0, 0.05) is 44.8 Å². The number of aryl methyl sites for hydroxylation is 1. The van der Waals surface area contributed by atoms with Gasteiger partial charge in [0.25, 0.3) is 5.91 Å². The number of pyridine rings is 1. The van der Waals surface area contributed by atoms with Crippen molar-refractivity contribution in [3.05, 3.63) is 57.5 Å². The molecule has 0 atom stereocenters. The number of amides is 1. The molecule has 0 radical (unpaired) electrons. The smallest absolute Gasteiger partial charge is 0.334 e. The number of carbonyl (C=O) groups excluding carboxylic acids is 1. The summed E-state index contributed by atoms with van der Waals surface area (Å²) in [5.74, 6) is -0.0392. The van der Waals surface area contributed by atoms with Crippen molar-refractivity contribution in [2.45, 2.75) is 0 Å². The van der Waals surface area contributed by atoms with Gasteiger partial charge in [-0.05, 0) is 18.2 Å². The molecule has 3 aromatic heterocycles. The summed E-state index contributed by atoms with van der Waals surface area (Å²) in [6, 6.07) is 6.80. The molecular formula is C21H21N7O3S. The number of nitrogens with zero attached hydrogens (tertiary/aromatic N) is 5. The van der Waals surface area contributed by atoms with Crippen LogP contribution in [0.3, 0.4) is 0 Å². The van der Waals surface area contributed by atoms with Crippen LogP contribution in [-0.2, 0) is 7.05 Å². The van der Waals surface area contributed by atoms with E-state index in [0.717, 1.165) is 43.2 Å². The molecule has 4 aromatic rings. The van der Waals surface area contributed by atoms with Gasteiger partial charge in [-0.2, -0.15) is 0 Å². The van der Waals surface area contributed by atoms with E-state index in [9.17, 15) is 14.7 Å². The summed E-state index contributed by atoms with van der Waals surface area (Å²) in [6.07, 6.45) is 3.33. The van der Waals surface area contributed by atoms with E-state index in [-0.39, 0.29) is 22.4 Å². The summed E-state index contributed by atoms with van der Waals surface area (Å²) in [4.78, 5) is 36.5. The Morgan fingerprint density at radius 2 is 2.06 bits per heavy atom. The molecule has 0 bridgehead atoms. The van der Waals surface area contributed by atoms with Crippen LogP contribution < -0.4 is 21.2 Å². The van der Waals surface area contributed by atoms with E-state index in [2.05, 4.69) is 25.5 Å². The van der Waals surface area contributed by atoms with Crippen LogP contribution in [0.5, 0.6) is 5.75 Å². The van der Waals surface area contributed by atoms with Crippen LogP contribution in [0.15, 0.2) is 46.8 Å². The number of thiazole rings is 1. The number of benzene rings is 1. The van der Waals surface area contributed by atoms with Crippen LogP contribution in [0.25, 0.3) is 16.9 Å². The third-order valence-corrected chi connectivity index (χ3v) is 6.30. The lowest BCUT2D eigenvalue weighted by atomic mass is 10.2. The quantitative estimate of drug-likeness (QED) is 0.431. The number of hydrogen-bond acceptors (Lipinski definition) is 8. The molecule has 32 heavy (non-hydrogen) atoms. The zero-order valence-electron chi connectivity index (χ0n) is 17.3. The molecule has 11 heteroatoms.